The van der Waals surface area contributed by atoms with E-state index in [-0.39, 0.29) is 24.3 Å². The number of carbonyl (C=O) groups excluding carboxylic acids is 1. The smallest absolute Gasteiger partial charge is 0.305 e. The van der Waals surface area contributed by atoms with Crippen molar-refractivity contribution in [3.8, 4) is 5.75 Å². The van der Waals surface area contributed by atoms with Gasteiger partial charge in [-0.25, -0.2) is 0 Å². The van der Waals surface area contributed by atoms with E-state index in [1.165, 1.54) is 6.07 Å². The fourth-order valence-electron chi connectivity index (χ4n) is 2.59. The number of amides is 1. The first-order chi connectivity index (χ1) is 12.4. The first-order valence-electron chi connectivity index (χ1n) is 8.04. The monoisotopic (exact) mass is 422 g/mol. The highest BCUT2D eigenvalue weighted by Crippen LogP contribution is 2.29. The van der Waals surface area contributed by atoms with Gasteiger partial charge in [0.25, 0.3) is 5.91 Å². The molecular weight excluding hydrogens is 407 g/mol. The van der Waals surface area contributed by atoms with Crippen LogP contribution in [0.1, 0.15) is 18.4 Å². The summed E-state index contributed by atoms with van der Waals surface area (Å²) in [6, 6.07) is 11.1. The molecule has 26 heavy (non-hydrogen) atoms. The van der Waals surface area contributed by atoms with Crippen LogP contribution >= 0.6 is 15.9 Å². The third-order valence-corrected chi connectivity index (χ3v) is 4.52. The van der Waals surface area contributed by atoms with E-state index in [1.54, 1.807) is 4.90 Å². The van der Waals surface area contributed by atoms with Crippen LogP contribution in [0.2, 0.25) is 0 Å². The molecule has 0 heterocycles. The molecule has 1 fully saturated rings. The summed E-state index contributed by atoms with van der Waals surface area (Å²) in [6.45, 7) is 0.225. The molecule has 136 valence electrons. The molecule has 0 aliphatic heterocycles. The second-order valence-corrected chi connectivity index (χ2v) is 6.96. The van der Waals surface area contributed by atoms with Gasteiger partial charge in [0.1, 0.15) is 5.75 Å². The summed E-state index contributed by atoms with van der Waals surface area (Å²) in [5, 5.41) is 10.6. The van der Waals surface area contributed by atoms with Gasteiger partial charge in [0.05, 0.1) is 4.92 Å². The SMILES string of the molecule is O=C(COc1ccc([N+](=O)[O-])c(F)c1)N(Cc1cccc(Br)c1)C1CC1. The summed E-state index contributed by atoms with van der Waals surface area (Å²) in [5.41, 5.74) is 0.374. The lowest BCUT2D eigenvalue weighted by Gasteiger charge is -2.22. The van der Waals surface area contributed by atoms with E-state index in [1.807, 2.05) is 24.3 Å². The molecule has 0 bridgehead atoms. The highest BCUT2D eigenvalue weighted by atomic mass is 79.9. The van der Waals surface area contributed by atoms with Crippen LogP contribution < -0.4 is 4.74 Å². The molecular formula is C18H16BrFN2O4. The summed E-state index contributed by atoms with van der Waals surface area (Å²) in [6.07, 6.45) is 1.90. The highest BCUT2D eigenvalue weighted by molar-refractivity contribution is 9.10. The van der Waals surface area contributed by atoms with E-state index in [9.17, 15) is 19.3 Å². The second-order valence-electron chi connectivity index (χ2n) is 6.04. The topological polar surface area (TPSA) is 72.7 Å². The molecule has 0 atom stereocenters. The van der Waals surface area contributed by atoms with Gasteiger partial charge in [-0.05, 0) is 36.6 Å². The molecule has 0 N–H and O–H groups in total. The van der Waals surface area contributed by atoms with Crippen LogP contribution in [0.15, 0.2) is 46.9 Å². The maximum absolute atomic E-state index is 13.6. The van der Waals surface area contributed by atoms with Crippen LogP contribution in [0.25, 0.3) is 0 Å². The van der Waals surface area contributed by atoms with Gasteiger partial charge in [-0.2, -0.15) is 4.39 Å². The van der Waals surface area contributed by atoms with Crippen LogP contribution in [0.3, 0.4) is 0 Å². The van der Waals surface area contributed by atoms with Crippen LogP contribution in [-0.2, 0) is 11.3 Å². The predicted molar refractivity (Wildman–Crippen MR) is 96.3 cm³/mol. The van der Waals surface area contributed by atoms with Gasteiger partial charge < -0.3 is 9.64 Å². The molecule has 6 nitrogen and oxygen atoms in total. The Labute approximate surface area is 157 Å². The lowest BCUT2D eigenvalue weighted by atomic mass is 10.2. The lowest BCUT2D eigenvalue weighted by Crippen LogP contribution is -2.36. The van der Waals surface area contributed by atoms with Crippen molar-refractivity contribution in [2.75, 3.05) is 6.61 Å². The fraction of sp³-hybridized carbons (Fsp3) is 0.278. The van der Waals surface area contributed by atoms with Gasteiger partial charge in [-0.1, -0.05) is 28.1 Å². The van der Waals surface area contributed by atoms with Crippen molar-refractivity contribution in [2.45, 2.75) is 25.4 Å². The molecule has 2 aromatic carbocycles. The highest BCUT2D eigenvalue weighted by Gasteiger charge is 2.32. The molecule has 0 saturated heterocycles. The van der Waals surface area contributed by atoms with E-state index in [4.69, 9.17) is 4.74 Å². The first-order valence-corrected chi connectivity index (χ1v) is 8.84. The minimum atomic E-state index is -0.992. The fourth-order valence-corrected chi connectivity index (χ4v) is 3.04. The number of hydrogen-bond donors (Lipinski definition) is 0. The van der Waals surface area contributed by atoms with Crippen LogP contribution in [0.5, 0.6) is 5.75 Å². The number of ether oxygens (including phenoxy) is 1. The van der Waals surface area contributed by atoms with Crippen LogP contribution in [-0.4, -0.2) is 28.4 Å². The van der Waals surface area contributed by atoms with Gasteiger partial charge in [0.2, 0.25) is 5.82 Å². The van der Waals surface area contributed by atoms with Crippen molar-refractivity contribution in [2.24, 2.45) is 0 Å². The summed E-state index contributed by atoms with van der Waals surface area (Å²) in [7, 11) is 0. The maximum atomic E-state index is 13.6. The normalized spacial score (nSPS) is 13.3. The quantitative estimate of drug-likeness (QED) is 0.497. The molecule has 1 saturated carbocycles. The Bertz CT molecular complexity index is 842. The number of halogens is 2. The van der Waals surface area contributed by atoms with Crippen molar-refractivity contribution in [3.63, 3.8) is 0 Å². The predicted octanol–water partition coefficient (Wildman–Crippen LogP) is 4.07. The number of hydrogen-bond acceptors (Lipinski definition) is 4. The van der Waals surface area contributed by atoms with Crippen molar-refractivity contribution < 1.29 is 18.8 Å². The van der Waals surface area contributed by atoms with Crippen molar-refractivity contribution >= 4 is 27.5 Å². The lowest BCUT2D eigenvalue weighted by molar-refractivity contribution is -0.387. The Morgan fingerprint density at radius 1 is 1.31 bits per heavy atom. The molecule has 0 spiro atoms. The minimum absolute atomic E-state index is 0.0830. The summed E-state index contributed by atoms with van der Waals surface area (Å²) in [4.78, 5) is 24.1. The maximum Gasteiger partial charge on any atom is 0.305 e. The number of nitro groups is 1. The Morgan fingerprint density at radius 3 is 2.69 bits per heavy atom. The second kappa shape index (κ2) is 7.82. The van der Waals surface area contributed by atoms with Crippen molar-refractivity contribution in [1.82, 2.24) is 4.90 Å². The van der Waals surface area contributed by atoms with E-state index >= 15 is 0 Å². The summed E-state index contributed by atoms with van der Waals surface area (Å²) < 4.78 is 19.9. The van der Waals surface area contributed by atoms with E-state index in [2.05, 4.69) is 15.9 Å². The molecule has 0 aromatic heterocycles. The summed E-state index contributed by atoms with van der Waals surface area (Å²) in [5.74, 6) is -1.11. The summed E-state index contributed by atoms with van der Waals surface area (Å²) >= 11 is 3.41. The zero-order valence-electron chi connectivity index (χ0n) is 13.7. The number of nitrogens with zero attached hydrogens (tertiary/aromatic N) is 2. The van der Waals surface area contributed by atoms with Crippen LogP contribution in [0, 0.1) is 15.9 Å². The molecule has 3 rings (SSSR count). The van der Waals surface area contributed by atoms with Gasteiger partial charge in [-0.15, -0.1) is 0 Å². The Morgan fingerprint density at radius 2 is 2.08 bits per heavy atom. The Hall–Kier alpha value is -2.48. The van der Waals surface area contributed by atoms with E-state index < -0.39 is 16.4 Å². The third kappa shape index (κ3) is 4.57. The number of carbonyl (C=O) groups is 1. The molecule has 8 heteroatoms. The Balaban J connectivity index is 1.63. The van der Waals surface area contributed by atoms with Crippen molar-refractivity contribution in [3.05, 3.63) is 68.4 Å². The van der Waals surface area contributed by atoms with E-state index in [0.717, 1.165) is 35.0 Å². The zero-order valence-corrected chi connectivity index (χ0v) is 15.3. The minimum Gasteiger partial charge on any atom is -0.484 e. The largest absolute Gasteiger partial charge is 0.484 e. The van der Waals surface area contributed by atoms with Gasteiger partial charge >= 0.3 is 5.69 Å². The number of rotatable bonds is 7. The molecule has 2 aromatic rings. The first kappa shape index (κ1) is 18.3. The van der Waals surface area contributed by atoms with Gasteiger partial charge in [0, 0.05) is 29.2 Å². The van der Waals surface area contributed by atoms with Crippen molar-refractivity contribution in [1.29, 1.82) is 0 Å². The molecule has 0 radical (unpaired) electrons. The molecule has 1 aliphatic rings. The van der Waals surface area contributed by atoms with Gasteiger partial charge in [-0.3, -0.25) is 14.9 Å². The number of benzene rings is 2. The average molecular weight is 423 g/mol. The molecule has 1 amide bonds. The van der Waals surface area contributed by atoms with E-state index in [0.29, 0.717) is 6.54 Å². The Kier molecular flexibility index (Phi) is 5.51. The average Bonchev–Trinajstić information content (AvgIpc) is 3.42. The van der Waals surface area contributed by atoms with Gasteiger partial charge in [0.15, 0.2) is 6.61 Å². The third-order valence-electron chi connectivity index (χ3n) is 4.03. The molecule has 1 aliphatic carbocycles. The van der Waals surface area contributed by atoms with Crippen LogP contribution in [0.4, 0.5) is 10.1 Å². The standard InChI is InChI=1S/C18H16BrFN2O4/c19-13-3-1-2-12(8-13)10-21(14-4-5-14)18(23)11-26-15-6-7-17(22(24)25)16(20)9-15/h1-3,6-9,14H,4-5,10-11H2. The number of nitro benzene ring substituents is 1. The molecule has 0 unspecified atom stereocenters. The zero-order chi connectivity index (χ0) is 18.7.